The number of benzene rings is 1. The van der Waals surface area contributed by atoms with Crippen molar-refractivity contribution in [1.82, 2.24) is 5.32 Å². The second kappa shape index (κ2) is 4.93. The Morgan fingerprint density at radius 2 is 1.81 bits per heavy atom. The van der Waals surface area contributed by atoms with Crippen LogP contribution >= 0.6 is 0 Å². The molecular weight excluding hydrogens is 266 g/mol. The summed E-state index contributed by atoms with van der Waals surface area (Å²) in [6.45, 7) is 1.18. The number of carbonyl (C=O) groups excluding carboxylic acids is 1. The van der Waals surface area contributed by atoms with Crippen LogP contribution in [0.15, 0.2) is 18.2 Å². The van der Waals surface area contributed by atoms with E-state index in [0.29, 0.717) is 19.3 Å². The highest BCUT2D eigenvalue weighted by molar-refractivity contribution is 5.89. The van der Waals surface area contributed by atoms with Crippen LogP contribution in [0.1, 0.15) is 44.1 Å². The number of amides is 1. The summed E-state index contributed by atoms with van der Waals surface area (Å²) in [6, 6.07) is 6.43. The predicted molar refractivity (Wildman–Crippen MR) is 78.7 cm³/mol. The fourth-order valence-corrected chi connectivity index (χ4v) is 3.52. The zero-order valence-electron chi connectivity index (χ0n) is 12.2. The molecule has 2 fully saturated rings. The summed E-state index contributed by atoms with van der Waals surface area (Å²) in [5, 5.41) is 3.20. The van der Waals surface area contributed by atoms with Crippen LogP contribution in [0, 0.1) is 0 Å². The van der Waals surface area contributed by atoms with Crippen molar-refractivity contribution in [1.29, 1.82) is 0 Å². The number of fused-ring (bicyclic) bond motifs is 1. The highest BCUT2D eigenvalue weighted by Gasteiger charge is 2.44. The van der Waals surface area contributed by atoms with Gasteiger partial charge in [0.05, 0.1) is 5.41 Å². The van der Waals surface area contributed by atoms with Crippen LogP contribution in [0.4, 0.5) is 0 Å². The van der Waals surface area contributed by atoms with Crippen molar-refractivity contribution in [2.24, 2.45) is 0 Å². The lowest BCUT2D eigenvalue weighted by Gasteiger charge is -2.30. The first kappa shape index (κ1) is 13.0. The standard InChI is InChI=1S/C17H21NO3/c19-16(18-13-4-5-13)17(7-1-2-8-17)12-3-6-14-15(11-12)21-10-9-20-14/h3,6,11,13H,1-2,4-5,7-10H2,(H,18,19). The Labute approximate surface area is 124 Å². The number of hydrogen-bond donors (Lipinski definition) is 1. The summed E-state index contributed by atoms with van der Waals surface area (Å²) >= 11 is 0. The fourth-order valence-electron chi connectivity index (χ4n) is 3.52. The van der Waals surface area contributed by atoms with Gasteiger partial charge in [-0.15, -0.1) is 0 Å². The minimum absolute atomic E-state index is 0.208. The van der Waals surface area contributed by atoms with E-state index >= 15 is 0 Å². The molecule has 1 aliphatic heterocycles. The minimum atomic E-state index is -0.363. The van der Waals surface area contributed by atoms with Crippen LogP contribution in [0.5, 0.6) is 11.5 Å². The zero-order valence-corrected chi connectivity index (χ0v) is 12.2. The Morgan fingerprint density at radius 3 is 2.52 bits per heavy atom. The molecule has 1 heterocycles. The molecule has 0 unspecified atom stereocenters. The molecule has 4 nitrogen and oxygen atoms in total. The van der Waals surface area contributed by atoms with Crippen molar-refractivity contribution in [3.05, 3.63) is 23.8 Å². The molecule has 112 valence electrons. The van der Waals surface area contributed by atoms with Crippen LogP contribution < -0.4 is 14.8 Å². The van der Waals surface area contributed by atoms with E-state index in [1.165, 1.54) is 0 Å². The van der Waals surface area contributed by atoms with Gasteiger partial charge in [0.15, 0.2) is 11.5 Å². The number of hydrogen-bond acceptors (Lipinski definition) is 3. The van der Waals surface area contributed by atoms with Crippen LogP contribution in [-0.2, 0) is 10.2 Å². The maximum Gasteiger partial charge on any atom is 0.230 e. The molecule has 4 rings (SSSR count). The predicted octanol–water partition coefficient (Wildman–Crippen LogP) is 2.55. The van der Waals surface area contributed by atoms with Gasteiger partial charge >= 0.3 is 0 Å². The van der Waals surface area contributed by atoms with Crippen LogP contribution in [0.2, 0.25) is 0 Å². The molecular formula is C17H21NO3. The molecule has 2 saturated carbocycles. The van der Waals surface area contributed by atoms with Crippen LogP contribution in [0.3, 0.4) is 0 Å². The highest BCUT2D eigenvalue weighted by atomic mass is 16.6. The maximum atomic E-state index is 12.8. The van der Waals surface area contributed by atoms with Crippen molar-refractivity contribution < 1.29 is 14.3 Å². The van der Waals surface area contributed by atoms with E-state index in [1.807, 2.05) is 18.2 Å². The molecule has 21 heavy (non-hydrogen) atoms. The molecule has 4 heteroatoms. The molecule has 0 atom stereocenters. The second-order valence-electron chi connectivity index (χ2n) is 6.40. The Kier molecular flexibility index (Phi) is 3.05. The molecule has 2 aliphatic carbocycles. The average molecular weight is 287 g/mol. The Hall–Kier alpha value is -1.71. The number of nitrogens with one attached hydrogen (secondary N) is 1. The lowest BCUT2D eigenvalue weighted by atomic mass is 9.77. The average Bonchev–Trinajstić information content (AvgIpc) is 3.18. The molecule has 0 bridgehead atoms. The molecule has 0 radical (unpaired) electrons. The van der Waals surface area contributed by atoms with Gasteiger partial charge in [-0.25, -0.2) is 0 Å². The number of ether oxygens (including phenoxy) is 2. The summed E-state index contributed by atoms with van der Waals surface area (Å²) in [6.07, 6.45) is 6.36. The Balaban J connectivity index is 1.68. The summed E-state index contributed by atoms with van der Waals surface area (Å²) in [5.74, 6) is 1.78. The van der Waals surface area contributed by atoms with Gasteiger partial charge in [-0.3, -0.25) is 4.79 Å². The van der Waals surface area contributed by atoms with Gasteiger partial charge in [-0.1, -0.05) is 18.9 Å². The van der Waals surface area contributed by atoms with Crippen molar-refractivity contribution in [3.63, 3.8) is 0 Å². The van der Waals surface area contributed by atoms with Gasteiger partial charge in [0.25, 0.3) is 0 Å². The van der Waals surface area contributed by atoms with Crippen molar-refractivity contribution in [3.8, 4) is 11.5 Å². The monoisotopic (exact) mass is 287 g/mol. The number of rotatable bonds is 3. The minimum Gasteiger partial charge on any atom is -0.486 e. The van der Waals surface area contributed by atoms with Crippen molar-refractivity contribution in [2.45, 2.75) is 50.0 Å². The van der Waals surface area contributed by atoms with E-state index in [9.17, 15) is 4.79 Å². The molecule has 0 saturated heterocycles. The third-order valence-electron chi connectivity index (χ3n) is 4.90. The Bertz CT molecular complexity index is 559. The molecule has 1 N–H and O–H groups in total. The number of carbonyl (C=O) groups is 1. The third kappa shape index (κ3) is 2.27. The largest absolute Gasteiger partial charge is 0.486 e. The lowest BCUT2D eigenvalue weighted by Crippen LogP contribution is -2.43. The van der Waals surface area contributed by atoms with Crippen molar-refractivity contribution >= 4 is 5.91 Å². The SMILES string of the molecule is O=C(NC1CC1)C1(c2ccc3c(c2)OCCO3)CCCC1. The van der Waals surface area contributed by atoms with Gasteiger partial charge < -0.3 is 14.8 Å². The topological polar surface area (TPSA) is 47.6 Å². The van der Waals surface area contributed by atoms with E-state index < -0.39 is 0 Å². The summed E-state index contributed by atoms with van der Waals surface area (Å²) < 4.78 is 11.3. The molecule has 1 aromatic carbocycles. The van der Waals surface area contributed by atoms with E-state index in [4.69, 9.17) is 9.47 Å². The van der Waals surface area contributed by atoms with Crippen LogP contribution in [-0.4, -0.2) is 25.2 Å². The smallest absolute Gasteiger partial charge is 0.230 e. The molecule has 1 aromatic rings. The normalized spacial score (nSPS) is 22.9. The van der Waals surface area contributed by atoms with Gasteiger partial charge in [0, 0.05) is 6.04 Å². The zero-order chi connectivity index (χ0) is 14.3. The molecule has 0 spiro atoms. The van der Waals surface area contributed by atoms with E-state index in [0.717, 1.165) is 55.6 Å². The van der Waals surface area contributed by atoms with Gasteiger partial charge in [-0.2, -0.15) is 0 Å². The first-order chi connectivity index (χ1) is 10.3. The van der Waals surface area contributed by atoms with Gasteiger partial charge in [-0.05, 0) is 43.4 Å². The van der Waals surface area contributed by atoms with E-state index in [2.05, 4.69) is 5.32 Å². The quantitative estimate of drug-likeness (QED) is 0.929. The van der Waals surface area contributed by atoms with Gasteiger partial charge in [0.1, 0.15) is 13.2 Å². The summed E-state index contributed by atoms with van der Waals surface area (Å²) in [4.78, 5) is 12.8. The molecule has 3 aliphatic rings. The summed E-state index contributed by atoms with van der Waals surface area (Å²) in [5.41, 5.74) is 0.723. The lowest BCUT2D eigenvalue weighted by molar-refractivity contribution is -0.126. The van der Waals surface area contributed by atoms with Gasteiger partial charge in [0.2, 0.25) is 5.91 Å². The molecule has 1 amide bonds. The summed E-state index contributed by atoms with van der Waals surface area (Å²) in [7, 11) is 0. The fraction of sp³-hybridized carbons (Fsp3) is 0.588. The maximum absolute atomic E-state index is 12.8. The first-order valence-electron chi connectivity index (χ1n) is 7.99. The highest BCUT2D eigenvalue weighted by Crippen LogP contribution is 2.44. The van der Waals surface area contributed by atoms with Crippen molar-refractivity contribution in [2.75, 3.05) is 13.2 Å². The van der Waals surface area contributed by atoms with Crippen LogP contribution in [0.25, 0.3) is 0 Å². The second-order valence-corrected chi connectivity index (χ2v) is 6.40. The van der Waals surface area contributed by atoms with E-state index in [1.54, 1.807) is 0 Å². The Morgan fingerprint density at radius 1 is 1.10 bits per heavy atom. The third-order valence-corrected chi connectivity index (χ3v) is 4.90. The first-order valence-corrected chi connectivity index (χ1v) is 7.99. The van der Waals surface area contributed by atoms with E-state index in [-0.39, 0.29) is 11.3 Å². The molecule has 0 aromatic heterocycles.